The Morgan fingerprint density at radius 3 is 2.61 bits per heavy atom. The van der Waals surface area contributed by atoms with Crippen molar-refractivity contribution in [2.45, 2.75) is 20.4 Å². The van der Waals surface area contributed by atoms with Gasteiger partial charge >= 0.3 is 0 Å². The van der Waals surface area contributed by atoms with Crippen LogP contribution in [0, 0.1) is 6.92 Å². The summed E-state index contributed by atoms with van der Waals surface area (Å²) in [6.07, 6.45) is 3.15. The van der Waals surface area contributed by atoms with Gasteiger partial charge in [-0.25, -0.2) is 0 Å². The molecule has 4 rings (SSSR count). The smallest absolute Gasteiger partial charge is 0.260 e. The standard InChI is InChI=1S/C25H23N3O3/c1-3-31-22-9-7-21(8-10-22)28(25(30)18-5-4-12-26-15-18)16-20-14-19-13-17(2)6-11-23(19)27-24(20)29/h4-15H,3,16H2,1-2H3,(H,27,29). The van der Waals surface area contributed by atoms with Gasteiger partial charge in [0.15, 0.2) is 0 Å². The molecular weight excluding hydrogens is 390 g/mol. The largest absolute Gasteiger partial charge is 0.494 e. The molecule has 0 aliphatic heterocycles. The van der Waals surface area contributed by atoms with Crippen molar-refractivity contribution in [1.82, 2.24) is 9.97 Å². The lowest BCUT2D eigenvalue weighted by Crippen LogP contribution is -2.33. The van der Waals surface area contributed by atoms with E-state index in [1.165, 1.54) is 6.20 Å². The van der Waals surface area contributed by atoms with E-state index in [0.717, 1.165) is 22.2 Å². The summed E-state index contributed by atoms with van der Waals surface area (Å²) in [5.41, 5.74) is 3.27. The van der Waals surface area contributed by atoms with E-state index >= 15 is 0 Å². The summed E-state index contributed by atoms with van der Waals surface area (Å²) < 4.78 is 5.51. The Morgan fingerprint density at radius 2 is 1.90 bits per heavy atom. The van der Waals surface area contributed by atoms with E-state index in [0.29, 0.717) is 23.4 Å². The van der Waals surface area contributed by atoms with Crippen LogP contribution in [0.3, 0.4) is 0 Å². The number of rotatable bonds is 6. The lowest BCUT2D eigenvalue weighted by molar-refractivity contribution is 0.0984. The minimum absolute atomic E-state index is 0.126. The summed E-state index contributed by atoms with van der Waals surface area (Å²) in [4.78, 5) is 34.7. The normalized spacial score (nSPS) is 10.8. The first-order valence-electron chi connectivity index (χ1n) is 10.1. The van der Waals surface area contributed by atoms with Crippen LogP contribution in [0.25, 0.3) is 10.9 Å². The van der Waals surface area contributed by atoms with Crippen LogP contribution in [0.2, 0.25) is 0 Å². The van der Waals surface area contributed by atoms with Gasteiger partial charge in [0.05, 0.1) is 18.7 Å². The fraction of sp³-hybridized carbons (Fsp3) is 0.160. The Labute approximate surface area is 180 Å². The number of nitrogens with zero attached hydrogens (tertiary/aromatic N) is 2. The molecule has 156 valence electrons. The lowest BCUT2D eigenvalue weighted by atomic mass is 10.1. The molecule has 6 nitrogen and oxygen atoms in total. The van der Waals surface area contributed by atoms with E-state index in [9.17, 15) is 9.59 Å². The minimum atomic E-state index is -0.235. The molecule has 0 unspecified atom stereocenters. The Bertz CT molecular complexity index is 1260. The molecule has 31 heavy (non-hydrogen) atoms. The maximum absolute atomic E-state index is 13.3. The number of carbonyl (C=O) groups excluding carboxylic acids is 1. The third-order valence-electron chi connectivity index (χ3n) is 5.02. The van der Waals surface area contributed by atoms with Crippen molar-refractivity contribution in [2.75, 3.05) is 11.5 Å². The maximum atomic E-state index is 13.3. The van der Waals surface area contributed by atoms with Gasteiger partial charge in [-0.2, -0.15) is 0 Å². The van der Waals surface area contributed by atoms with Crippen molar-refractivity contribution in [3.05, 3.63) is 100 Å². The van der Waals surface area contributed by atoms with Crippen LogP contribution in [0.15, 0.2) is 77.9 Å². The number of anilines is 1. The van der Waals surface area contributed by atoms with Gasteiger partial charge in [0.25, 0.3) is 11.5 Å². The second kappa shape index (κ2) is 8.83. The average Bonchev–Trinajstić information content (AvgIpc) is 2.79. The predicted molar refractivity (Wildman–Crippen MR) is 122 cm³/mol. The molecular formula is C25H23N3O3. The van der Waals surface area contributed by atoms with E-state index in [1.807, 2.05) is 62.4 Å². The van der Waals surface area contributed by atoms with Gasteiger partial charge in [-0.05, 0) is 73.8 Å². The molecule has 4 aromatic rings. The maximum Gasteiger partial charge on any atom is 0.260 e. The van der Waals surface area contributed by atoms with Crippen LogP contribution >= 0.6 is 0 Å². The number of nitrogens with one attached hydrogen (secondary N) is 1. The first kappa shape index (κ1) is 20.3. The van der Waals surface area contributed by atoms with Crippen LogP contribution in [0.5, 0.6) is 5.75 Å². The average molecular weight is 413 g/mol. The zero-order valence-corrected chi connectivity index (χ0v) is 17.5. The molecule has 0 atom stereocenters. The second-order valence-electron chi connectivity index (χ2n) is 7.27. The zero-order valence-electron chi connectivity index (χ0n) is 17.5. The van der Waals surface area contributed by atoms with Crippen LogP contribution in [-0.4, -0.2) is 22.5 Å². The molecule has 0 aliphatic rings. The molecule has 0 fully saturated rings. The molecule has 0 bridgehead atoms. The highest BCUT2D eigenvalue weighted by Crippen LogP contribution is 2.23. The molecule has 2 aromatic carbocycles. The van der Waals surface area contributed by atoms with Gasteiger partial charge < -0.3 is 14.6 Å². The van der Waals surface area contributed by atoms with Crippen molar-refractivity contribution >= 4 is 22.5 Å². The lowest BCUT2D eigenvalue weighted by Gasteiger charge is -2.23. The van der Waals surface area contributed by atoms with Gasteiger partial charge in [0, 0.05) is 29.2 Å². The molecule has 1 amide bonds. The first-order valence-corrected chi connectivity index (χ1v) is 10.1. The number of carbonyl (C=O) groups is 1. The number of H-pyrrole nitrogens is 1. The number of ether oxygens (including phenoxy) is 1. The van der Waals surface area contributed by atoms with Gasteiger partial charge in [-0.1, -0.05) is 11.6 Å². The topological polar surface area (TPSA) is 75.3 Å². The Morgan fingerprint density at radius 1 is 1.10 bits per heavy atom. The zero-order chi connectivity index (χ0) is 21.8. The molecule has 0 saturated heterocycles. The highest BCUT2D eigenvalue weighted by Gasteiger charge is 2.20. The van der Waals surface area contributed by atoms with E-state index in [2.05, 4.69) is 9.97 Å². The van der Waals surface area contributed by atoms with Crippen LogP contribution in [0.4, 0.5) is 5.69 Å². The first-order chi connectivity index (χ1) is 15.0. The number of amides is 1. The molecule has 2 aromatic heterocycles. The number of benzene rings is 2. The number of pyridine rings is 2. The summed E-state index contributed by atoms with van der Waals surface area (Å²) in [5, 5.41) is 0.926. The molecule has 1 N–H and O–H groups in total. The quantitative estimate of drug-likeness (QED) is 0.506. The van der Waals surface area contributed by atoms with Gasteiger partial charge in [-0.3, -0.25) is 14.6 Å². The third-order valence-corrected chi connectivity index (χ3v) is 5.02. The molecule has 0 aliphatic carbocycles. The van der Waals surface area contributed by atoms with E-state index in [-0.39, 0.29) is 18.0 Å². The fourth-order valence-corrected chi connectivity index (χ4v) is 3.47. The van der Waals surface area contributed by atoms with Crippen LogP contribution in [0.1, 0.15) is 28.4 Å². The summed E-state index contributed by atoms with van der Waals surface area (Å²) in [6, 6.07) is 18.4. The molecule has 6 heteroatoms. The number of fused-ring (bicyclic) bond motifs is 1. The fourth-order valence-electron chi connectivity index (χ4n) is 3.47. The van der Waals surface area contributed by atoms with Crippen molar-refractivity contribution in [3.8, 4) is 5.75 Å². The highest BCUT2D eigenvalue weighted by molar-refractivity contribution is 6.05. The van der Waals surface area contributed by atoms with Gasteiger partial charge in [0.1, 0.15) is 5.75 Å². The Kier molecular flexibility index (Phi) is 5.80. The number of hydrogen-bond acceptors (Lipinski definition) is 4. The minimum Gasteiger partial charge on any atom is -0.494 e. The molecule has 0 radical (unpaired) electrons. The van der Waals surface area contributed by atoms with Crippen molar-refractivity contribution in [1.29, 1.82) is 0 Å². The number of aromatic amines is 1. The van der Waals surface area contributed by atoms with Crippen molar-refractivity contribution in [2.24, 2.45) is 0 Å². The summed E-state index contributed by atoms with van der Waals surface area (Å²) >= 11 is 0. The van der Waals surface area contributed by atoms with Crippen LogP contribution in [-0.2, 0) is 6.54 Å². The van der Waals surface area contributed by atoms with Crippen LogP contribution < -0.4 is 15.2 Å². The summed E-state index contributed by atoms with van der Waals surface area (Å²) in [6.45, 7) is 4.60. The highest BCUT2D eigenvalue weighted by atomic mass is 16.5. The molecule has 2 heterocycles. The number of aromatic nitrogens is 2. The Hall–Kier alpha value is -3.93. The van der Waals surface area contributed by atoms with Crippen molar-refractivity contribution < 1.29 is 9.53 Å². The number of hydrogen-bond donors (Lipinski definition) is 1. The Balaban J connectivity index is 1.75. The van der Waals surface area contributed by atoms with Gasteiger partial charge in [-0.15, -0.1) is 0 Å². The number of aryl methyl sites for hydroxylation is 1. The van der Waals surface area contributed by atoms with E-state index in [4.69, 9.17) is 4.74 Å². The monoisotopic (exact) mass is 413 g/mol. The summed E-state index contributed by atoms with van der Waals surface area (Å²) in [7, 11) is 0. The third kappa shape index (κ3) is 4.48. The molecule has 0 saturated carbocycles. The van der Waals surface area contributed by atoms with Gasteiger partial charge in [0.2, 0.25) is 0 Å². The van der Waals surface area contributed by atoms with Crippen molar-refractivity contribution in [3.63, 3.8) is 0 Å². The summed E-state index contributed by atoms with van der Waals surface area (Å²) in [5.74, 6) is 0.486. The predicted octanol–water partition coefficient (Wildman–Crippen LogP) is 4.48. The van der Waals surface area contributed by atoms with E-state index < -0.39 is 0 Å². The SMILES string of the molecule is CCOc1ccc(N(Cc2cc3cc(C)ccc3[nH]c2=O)C(=O)c2cccnc2)cc1. The second-order valence-corrected chi connectivity index (χ2v) is 7.27. The van der Waals surface area contributed by atoms with E-state index in [1.54, 1.807) is 23.2 Å². The molecule has 0 spiro atoms.